The number of hydrogen-bond acceptors (Lipinski definition) is 5. The number of hydrogen-bond donors (Lipinski definition) is 2. The van der Waals surface area contributed by atoms with Crippen LogP contribution in [-0.4, -0.2) is 44.7 Å². The third kappa shape index (κ3) is 5.56. The van der Waals surface area contributed by atoms with Crippen LogP contribution < -0.4 is 15.5 Å². The van der Waals surface area contributed by atoms with E-state index in [0.29, 0.717) is 17.3 Å². The van der Waals surface area contributed by atoms with Crippen molar-refractivity contribution in [2.45, 2.75) is 25.1 Å². The van der Waals surface area contributed by atoms with E-state index in [1.54, 1.807) is 19.2 Å². The Bertz CT molecular complexity index is 1350. The molecule has 0 saturated heterocycles. The molecule has 3 aromatic carbocycles. The van der Waals surface area contributed by atoms with Gasteiger partial charge in [0.15, 0.2) is 6.10 Å². The minimum absolute atomic E-state index is 0.0862. The lowest BCUT2D eigenvalue weighted by Crippen LogP contribution is -2.50. The third-order valence-electron chi connectivity index (χ3n) is 6.22. The van der Waals surface area contributed by atoms with Crippen molar-refractivity contribution in [3.63, 3.8) is 0 Å². The fourth-order valence-corrected chi connectivity index (χ4v) is 4.38. The molecular formula is C28H27F2N3O5. The Morgan fingerprint density at radius 2 is 1.61 bits per heavy atom. The van der Waals surface area contributed by atoms with Crippen LogP contribution in [0.25, 0.3) is 11.1 Å². The number of amides is 3. The van der Waals surface area contributed by atoms with E-state index in [1.807, 2.05) is 36.4 Å². The zero-order valence-corrected chi connectivity index (χ0v) is 21.0. The van der Waals surface area contributed by atoms with Gasteiger partial charge in [0.25, 0.3) is 11.8 Å². The fraction of sp³-hybridized carbons (Fsp3) is 0.250. The summed E-state index contributed by atoms with van der Waals surface area (Å²) in [6.45, 7) is 1.09. The molecule has 3 amide bonds. The molecule has 1 aliphatic heterocycles. The summed E-state index contributed by atoms with van der Waals surface area (Å²) in [5.74, 6) is -3.58. The van der Waals surface area contributed by atoms with Gasteiger partial charge in [-0.05, 0) is 41.8 Å². The maximum atomic E-state index is 13.8. The molecule has 4 rings (SSSR count). The number of likely N-dealkylation sites (N-methyl/N-ethyl adjacent to an activating group) is 1. The van der Waals surface area contributed by atoms with E-state index >= 15 is 0 Å². The van der Waals surface area contributed by atoms with Gasteiger partial charge in [0.1, 0.15) is 30.5 Å². The average molecular weight is 524 g/mol. The van der Waals surface area contributed by atoms with Gasteiger partial charge in [0.05, 0.1) is 5.69 Å². The number of anilines is 1. The van der Waals surface area contributed by atoms with E-state index in [2.05, 4.69) is 10.6 Å². The monoisotopic (exact) mass is 523 g/mol. The van der Waals surface area contributed by atoms with Crippen LogP contribution in [0.1, 0.15) is 30.2 Å². The van der Waals surface area contributed by atoms with Crippen molar-refractivity contribution in [2.75, 3.05) is 25.9 Å². The van der Waals surface area contributed by atoms with Gasteiger partial charge in [0, 0.05) is 25.8 Å². The topological polar surface area (TPSA) is 97.0 Å². The minimum atomic E-state index is -1.45. The standard InChI is InChI=1S/C28H27F2N3O5/c1-16(31-27(35)25(38-15-37-3)17-12-18(29)14-19(30)13-17)26(34)32-24-22-10-5-4-8-20(22)21-9-6-7-11-23(21)33(2)28(24)36/h4-14,16,24-25H,15H2,1-3H3,(H,31,35)(H,32,34)/t16-,24-,25-/m0/s1. The number of nitrogens with one attached hydrogen (secondary N) is 2. The van der Waals surface area contributed by atoms with Crippen LogP contribution >= 0.6 is 0 Å². The summed E-state index contributed by atoms with van der Waals surface area (Å²) >= 11 is 0. The SMILES string of the molecule is COCO[C@H](C(=O)N[C@@H](C)C(=O)N[C@@H]1C(=O)N(C)c2ccccc2-c2ccccc21)c1cc(F)cc(F)c1. The summed E-state index contributed by atoms with van der Waals surface area (Å²) in [6.07, 6.45) is -1.45. The normalized spacial score (nSPS) is 16.1. The second kappa shape index (κ2) is 11.5. The molecule has 0 aromatic heterocycles. The predicted octanol–water partition coefficient (Wildman–Crippen LogP) is 3.63. The second-order valence-electron chi connectivity index (χ2n) is 8.83. The summed E-state index contributed by atoms with van der Waals surface area (Å²) in [5.41, 5.74) is 2.86. The highest BCUT2D eigenvalue weighted by molar-refractivity contribution is 6.06. The quantitative estimate of drug-likeness (QED) is 0.440. The number of methoxy groups -OCH3 is 1. The number of halogens is 2. The molecule has 198 valence electrons. The highest BCUT2D eigenvalue weighted by Gasteiger charge is 2.34. The van der Waals surface area contributed by atoms with Gasteiger partial charge in [0.2, 0.25) is 5.91 Å². The summed E-state index contributed by atoms with van der Waals surface area (Å²) in [6, 6.07) is 15.2. The Morgan fingerprint density at radius 3 is 2.29 bits per heavy atom. The Morgan fingerprint density at radius 1 is 0.974 bits per heavy atom. The molecule has 0 fully saturated rings. The first kappa shape index (κ1) is 26.9. The van der Waals surface area contributed by atoms with E-state index in [4.69, 9.17) is 9.47 Å². The van der Waals surface area contributed by atoms with Gasteiger partial charge in [-0.3, -0.25) is 14.4 Å². The molecule has 1 heterocycles. The number of ether oxygens (including phenoxy) is 2. The molecule has 10 heteroatoms. The van der Waals surface area contributed by atoms with Crippen molar-refractivity contribution >= 4 is 23.4 Å². The van der Waals surface area contributed by atoms with Crippen molar-refractivity contribution in [3.05, 3.63) is 89.5 Å². The lowest BCUT2D eigenvalue weighted by Gasteiger charge is -2.25. The van der Waals surface area contributed by atoms with Crippen molar-refractivity contribution < 1.29 is 32.6 Å². The fourth-order valence-electron chi connectivity index (χ4n) is 4.38. The molecule has 0 bridgehead atoms. The highest BCUT2D eigenvalue weighted by Crippen LogP contribution is 2.39. The van der Waals surface area contributed by atoms with E-state index < -0.39 is 41.6 Å². The first-order chi connectivity index (χ1) is 18.2. The molecular weight excluding hydrogens is 496 g/mol. The van der Waals surface area contributed by atoms with Gasteiger partial charge in [-0.15, -0.1) is 0 Å². The smallest absolute Gasteiger partial charge is 0.254 e. The zero-order valence-electron chi connectivity index (χ0n) is 21.0. The summed E-state index contributed by atoms with van der Waals surface area (Å²) in [4.78, 5) is 41.1. The molecule has 38 heavy (non-hydrogen) atoms. The summed E-state index contributed by atoms with van der Waals surface area (Å²) in [7, 11) is 2.96. The number of nitrogens with zero attached hydrogens (tertiary/aromatic N) is 1. The first-order valence-corrected chi connectivity index (χ1v) is 11.8. The lowest BCUT2D eigenvalue weighted by atomic mass is 9.95. The molecule has 8 nitrogen and oxygen atoms in total. The number of benzene rings is 3. The highest BCUT2D eigenvalue weighted by atomic mass is 19.1. The van der Waals surface area contributed by atoms with Crippen LogP contribution in [-0.2, 0) is 23.9 Å². The van der Waals surface area contributed by atoms with E-state index in [-0.39, 0.29) is 18.3 Å². The zero-order chi connectivity index (χ0) is 27.4. The maximum absolute atomic E-state index is 13.8. The van der Waals surface area contributed by atoms with Crippen molar-refractivity contribution in [3.8, 4) is 11.1 Å². The Balaban J connectivity index is 1.55. The van der Waals surface area contributed by atoms with Gasteiger partial charge in [-0.25, -0.2) is 8.78 Å². The van der Waals surface area contributed by atoms with Crippen molar-refractivity contribution in [2.24, 2.45) is 0 Å². The van der Waals surface area contributed by atoms with Crippen molar-refractivity contribution in [1.29, 1.82) is 0 Å². The number of carbonyl (C=O) groups is 3. The lowest BCUT2D eigenvalue weighted by molar-refractivity contribution is -0.145. The minimum Gasteiger partial charge on any atom is -0.359 e. The number of fused-ring (bicyclic) bond motifs is 3. The Kier molecular flexibility index (Phi) is 8.13. The predicted molar refractivity (Wildman–Crippen MR) is 136 cm³/mol. The molecule has 0 radical (unpaired) electrons. The molecule has 0 spiro atoms. The molecule has 1 aliphatic rings. The summed E-state index contributed by atoms with van der Waals surface area (Å²) in [5, 5.41) is 5.24. The molecule has 0 aliphatic carbocycles. The van der Waals surface area contributed by atoms with Crippen LogP contribution in [0.4, 0.5) is 14.5 Å². The average Bonchev–Trinajstić information content (AvgIpc) is 2.98. The molecule has 0 unspecified atom stereocenters. The van der Waals surface area contributed by atoms with Gasteiger partial charge in [-0.2, -0.15) is 0 Å². The van der Waals surface area contributed by atoms with Gasteiger partial charge >= 0.3 is 0 Å². The van der Waals surface area contributed by atoms with E-state index in [1.165, 1.54) is 18.9 Å². The van der Waals surface area contributed by atoms with E-state index in [0.717, 1.165) is 23.3 Å². The largest absolute Gasteiger partial charge is 0.359 e. The maximum Gasteiger partial charge on any atom is 0.254 e. The van der Waals surface area contributed by atoms with E-state index in [9.17, 15) is 23.2 Å². The molecule has 3 aromatic rings. The van der Waals surface area contributed by atoms with Gasteiger partial charge < -0.3 is 25.0 Å². The number of carbonyl (C=O) groups excluding carboxylic acids is 3. The molecule has 2 N–H and O–H groups in total. The Hall–Kier alpha value is -4.15. The van der Waals surface area contributed by atoms with Crippen LogP contribution in [0.3, 0.4) is 0 Å². The van der Waals surface area contributed by atoms with Crippen LogP contribution in [0.15, 0.2) is 66.7 Å². The van der Waals surface area contributed by atoms with Crippen LogP contribution in [0.2, 0.25) is 0 Å². The number of para-hydroxylation sites is 1. The summed E-state index contributed by atoms with van der Waals surface area (Å²) < 4.78 is 37.8. The first-order valence-electron chi connectivity index (χ1n) is 11.8. The third-order valence-corrected chi connectivity index (χ3v) is 6.22. The second-order valence-corrected chi connectivity index (χ2v) is 8.83. The molecule has 0 saturated carbocycles. The van der Waals surface area contributed by atoms with Gasteiger partial charge in [-0.1, -0.05) is 42.5 Å². The molecule has 3 atom stereocenters. The van der Waals surface area contributed by atoms with Crippen molar-refractivity contribution in [1.82, 2.24) is 10.6 Å². The number of rotatable bonds is 8. The van der Waals surface area contributed by atoms with Crippen LogP contribution in [0, 0.1) is 11.6 Å². The van der Waals surface area contributed by atoms with Crippen LogP contribution in [0.5, 0.6) is 0 Å². The Labute approximate surface area is 218 Å².